The van der Waals surface area contributed by atoms with Crippen molar-refractivity contribution in [3.05, 3.63) is 47.5 Å². The highest BCUT2D eigenvalue weighted by molar-refractivity contribution is 5.42. The van der Waals surface area contributed by atoms with Gasteiger partial charge in [0.25, 0.3) is 0 Å². The lowest BCUT2D eigenvalue weighted by Gasteiger charge is -2.17. The molecule has 0 heterocycles. The maximum Gasteiger partial charge on any atom is 0.160 e. The Labute approximate surface area is 147 Å². The Morgan fingerprint density at radius 1 is 0.880 bits per heavy atom. The van der Waals surface area contributed by atoms with Gasteiger partial charge in [0.05, 0.1) is 26.9 Å². The van der Waals surface area contributed by atoms with Gasteiger partial charge in [-0.15, -0.1) is 0 Å². The van der Waals surface area contributed by atoms with E-state index in [0.29, 0.717) is 31.1 Å². The van der Waals surface area contributed by atoms with E-state index in [1.807, 2.05) is 0 Å². The van der Waals surface area contributed by atoms with E-state index < -0.39 is 0 Å². The number of phenols is 2. The molecule has 2 aromatic rings. The number of methoxy groups -OCH3 is 3. The zero-order valence-corrected chi connectivity index (χ0v) is 14.7. The molecule has 0 aliphatic heterocycles. The highest BCUT2D eigenvalue weighted by atomic mass is 16.5. The number of ether oxygens (including phenoxy) is 4. The van der Waals surface area contributed by atoms with E-state index in [9.17, 15) is 10.2 Å². The van der Waals surface area contributed by atoms with Crippen LogP contribution in [0.1, 0.15) is 23.7 Å². The number of rotatable bonds is 9. The quantitative estimate of drug-likeness (QED) is 0.676. The lowest BCUT2D eigenvalue weighted by Crippen LogP contribution is -2.06. The molecule has 6 nitrogen and oxygen atoms in total. The predicted octanol–water partition coefficient (Wildman–Crippen LogP) is 3.41. The third-order valence-electron chi connectivity index (χ3n) is 3.90. The first-order valence-electron chi connectivity index (χ1n) is 7.92. The molecule has 136 valence electrons. The number of aromatic hydroxyl groups is 2. The second kappa shape index (κ2) is 9.15. The number of phenolic OH excluding ortho intramolecular Hbond substituents is 2. The summed E-state index contributed by atoms with van der Waals surface area (Å²) in [5.74, 6) is 1.04. The fourth-order valence-electron chi connectivity index (χ4n) is 2.51. The molecule has 0 amide bonds. The van der Waals surface area contributed by atoms with Crippen molar-refractivity contribution in [2.24, 2.45) is 0 Å². The Morgan fingerprint density at radius 2 is 1.52 bits per heavy atom. The zero-order chi connectivity index (χ0) is 18.2. The van der Waals surface area contributed by atoms with Crippen LogP contribution in [0.2, 0.25) is 0 Å². The van der Waals surface area contributed by atoms with Gasteiger partial charge in [-0.1, -0.05) is 12.1 Å². The molecule has 6 heteroatoms. The highest BCUT2D eigenvalue weighted by Gasteiger charge is 2.13. The van der Waals surface area contributed by atoms with E-state index in [2.05, 4.69) is 0 Å². The zero-order valence-electron chi connectivity index (χ0n) is 14.7. The van der Waals surface area contributed by atoms with Crippen LogP contribution in [0.5, 0.6) is 23.0 Å². The van der Waals surface area contributed by atoms with Crippen LogP contribution in [0.3, 0.4) is 0 Å². The summed E-state index contributed by atoms with van der Waals surface area (Å²) >= 11 is 0. The van der Waals surface area contributed by atoms with Gasteiger partial charge in [-0.3, -0.25) is 0 Å². The first kappa shape index (κ1) is 18.9. The van der Waals surface area contributed by atoms with Crippen LogP contribution >= 0.6 is 0 Å². The summed E-state index contributed by atoms with van der Waals surface area (Å²) in [6.07, 6.45) is 0.489. The smallest absolute Gasteiger partial charge is 0.160 e. The Morgan fingerprint density at radius 3 is 2.16 bits per heavy atom. The monoisotopic (exact) mass is 348 g/mol. The summed E-state index contributed by atoms with van der Waals surface area (Å²) in [5, 5.41) is 19.3. The van der Waals surface area contributed by atoms with E-state index in [4.69, 9.17) is 18.9 Å². The van der Waals surface area contributed by atoms with Gasteiger partial charge in [-0.25, -0.2) is 0 Å². The van der Waals surface area contributed by atoms with E-state index in [1.54, 1.807) is 43.5 Å². The largest absolute Gasteiger partial charge is 0.504 e. The van der Waals surface area contributed by atoms with Crippen LogP contribution in [0.25, 0.3) is 0 Å². The molecular formula is C19H24O6. The average Bonchev–Trinajstić information content (AvgIpc) is 2.63. The number of hydrogen-bond acceptors (Lipinski definition) is 6. The van der Waals surface area contributed by atoms with E-state index in [-0.39, 0.29) is 17.6 Å². The van der Waals surface area contributed by atoms with Crippen LogP contribution in [0, 0.1) is 0 Å². The Bertz CT molecular complexity index is 686. The van der Waals surface area contributed by atoms with Gasteiger partial charge in [-0.2, -0.15) is 0 Å². The normalized spacial score (nSPS) is 12.0. The summed E-state index contributed by atoms with van der Waals surface area (Å²) in [6.45, 7) is 0.900. The second-order valence-electron chi connectivity index (χ2n) is 5.50. The minimum Gasteiger partial charge on any atom is -0.504 e. The van der Waals surface area contributed by atoms with Gasteiger partial charge >= 0.3 is 0 Å². The second-order valence-corrected chi connectivity index (χ2v) is 5.50. The Balaban J connectivity index is 1.89. The standard InChI is InChI=1S/C19H24O6/c1-22-17(14-5-7-16(21)19(11-14)24-3)8-9-25-12-13-4-6-15(20)18(10-13)23-2/h4-7,10-11,17,20-21H,8-9,12H2,1-3H3. The van der Waals surface area contributed by atoms with Crippen molar-refractivity contribution in [2.75, 3.05) is 27.9 Å². The minimum absolute atomic E-state index is 0.0960. The van der Waals surface area contributed by atoms with Crippen molar-refractivity contribution >= 4 is 0 Å². The molecule has 0 aliphatic rings. The molecule has 0 spiro atoms. The summed E-state index contributed by atoms with van der Waals surface area (Å²) in [6, 6.07) is 10.3. The van der Waals surface area contributed by atoms with E-state index >= 15 is 0 Å². The maximum atomic E-state index is 9.67. The van der Waals surface area contributed by atoms with Crippen molar-refractivity contribution in [1.29, 1.82) is 0 Å². The summed E-state index contributed by atoms with van der Waals surface area (Å²) in [4.78, 5) is 0. The molecule has 1 atom stereocenters. The average molecular weight is 348 g/mol. The van der Waals surface area contributed by atoms with Crippen molar-refractivity contribution < 1.29 is 29.2 Å². The molecule has 0 aliphatic carbocycles. The molecule has 1 unspecified atom stereocenters. The molecule has 2 N–H and O–H groups in total. The first-order chi connectivity index (χ1) is 12.1. The molecule has 0 fully saturated rings. The van der Waals surface area contributed by atoms with Crippen LogP contribution < -0.4 is 9.47 Å². The molecule has 0 radical (unpaired) electrons. The van der Waals surface area contributed by atoms with E-state index in [0.717, 1.165) is 11.1 Å². The molecular weight excluding hydrogens is 324 g/mol. The summed E-state index contributed by atoms with van der Waals surface area (Å²) in [5.41, 5.74) is 1.82. The Kier molecular flexibility index (Phi) is 6.91. The molecule has 0 bridgehead atoms. The van der Waals surface area contributed by atoms with Crippen molar-refractivity contribution in [3.8, 4) is 23.0 Å². The topological polar surface area (TPSA) is 77.4 Å². The molecule has 2 rings (SSSR count). The molecule has 2 aromatic carbocycles. The number of hydrogen-bond donors (Lipinski definition) is 2. The summed E-state index contributed by atoms with van der Waals surface area (Å²) < 4.78 is 21.4. The lowest BCUT2D eigenvalue weighted by atomic mass is 10.1. The molecule has 0 aromatic heterocycles. The van der Waals surface area contributed by atoms with Crippen molar-refractivity contribution in [1.82, 2.24) is 0 Å². The SMILES string of the molecule is COc1cc(COCCC(OC)c2ccc(O)c(OC)c2)ccc1O. The molecule has 0 saturated heterocycles. The number of benzene rings is 2. The lowest BCUT2D eigenvalue weighted by molar-refractivity contribution is 0.0458. The fraction of sp³-hybridized carbons (Fsp3) is 0.368. The maximum absolute atomic E-state index is 9.67. The van der Waals surface area contributed by atoms with Crippen LogP contribution in [0.15, 0.2) is 36.4 Å². The van der Waals surface area contributed by atoms with Crippen LogP contribution in [-0.4, -0.2) is 38.1 Å². The highest BCUT2D eigenvalue weighted by Crippen LogP contribution is 2.31. The minimum atomic E-state index is -0.163. The van der Waals surface area contributed by atoms with Crippen LogP contribution in [-0.2, 0) is 16.1 Å². The van der Waals surface area contributed by atoms with Gasteiger partial charge in [0.1, 0.15) is 0 Å². The molecule has 0 saturated carbocycles. The van der Waals surface area contributed by atoms with Gasteiger partial charge < -0.3 is 29.2 Å². The van der Waals surface area contributed by atoms with E-state index in [1.165, 1.54) is 14.2 Å². The van der Waals surface area contributed by atoms with Gasteiger partial charge in [0.2, 0.25) is 0 Å². The Hall–Kier alpha value is -2.44. The van der Waals surface area contributed by atoms with Gasteiger partial charge in [0.15, 0.2) is 23.0 Å². The fourth-order valence-corrected chi connectivity index (χ4v) is 2.51. The summed E-state index contributed by atoms with van der Waals surface area (Å²) in [7, 11) is 4.65. The van der Waals surface area contributed by atoms with Gasteiger partial charge in [0, 0.05) is 20.1 Å². The predicted molar refractivity (Wildman–Crippen MR) is 93.3 cm³/mol. The molecule has 25 heavy (non-hydrogen) atoms. The van der Waals surface area contributed by atoms with Crippen molar-refractivity contribution in [2.45, 2.75) is 19.1 Å². The van der Waals surface area contributed by atoms with Gasteiger partial charge in [-0.05, 0) is 35.4 Å². The third-order valence-corrected chi connectivity index (χ3v) is 3.90. The van der Waals surface area contributed by atoms with Crippen LogP contribution in [0.4, 0.5) is 0 Å². The third kappa shape index (κ3) is 5.01. The first-order valence-corrected chi connectivity index (χ1v) is 7.92. The van der Waals surface area contributed by atoms with Crippen molar-refractivity contribution in [3.63, 3.8) is 0 Å².